The molecule has 0 aliphatic heterocycles. The van der Waals surface area contributed by atoms with Gasteiger partial charge in [-0.05, 0) is 29.8 Å². The molecule has 0 aliphatic carbocycles. The lowest BCUT2D eigenvalue weighted by Crippen LogP contribution is -1.94. The quantitative estimate of drug-likeness (QED) is 0.617. The highest BCUT2D eigenvalue weighted by Crippen LogP contribution is 2.22. The molecule has 0 saturated heterocycles. The summed E-state index contributed by atoms with van der Waals surface area (Å²) in [5.74, 6) is 0.643. The highest BCUT2D eigenvalue weighted by Gasteiger charge is 2.05. The summed E-state index contributed by atoms with van der Waals surface area (Å²) in [6.07, 6.45) is 1.43. The number of ketones is 1. The molecule has 0 N–H and O–H groups in total. The van der Waals surface area contributed by atoms with Gasteiger partial charge in [0.15, 0.2) is 5.78 Å². The Morgan fingerprint density at radius 2 is 1.63 bits per heavy atom. The minimum atomic E-state index is -0.110. The summed E-state index contributed by atoms with van der Waals surface area (Å²) < 4.78 is 5.07. The molecule has 19 heavy (non-hydrogen) atoms. The SMILES string of the molecule is COc1ccc(/C(Cl)=C/C(=O)c2ccccc2)cc1. The normalized spacial score (nSPS) is 11.2. The zero-order valence-corrected chi connectivity index (χ0v) is 11.2. The van der Waals surface area contributed by atoms with E-state index in [0.717, 1.165) is 11.3 Å². The van der Waals surface area contributed by atoms with Crippen LogP contribution in [0.2, 0.25) is 0 Å². The Morgan fingerprint density at radius 1 is 1.00 bits per heavy atom. The van der Waals surface area contributed by atoms with Crippen LogP contribution in [0.15, 0.2) is 60.7 Å². The Labute approximate surface area is 117 Å². The Hall–Kier alpha value is -2.06. The summed E-state index contributed by atoms with van der Waals surface area (Å²) in [5.41, 5.74) is 1.40. The molecule has 0 saturated carbocycles. The Bertz CT molecular complexity index is 586. The predicted octanol–water partition coefficient (Wildman–Crippen LogP) is 4.16. The van der Waals surface area contributed by atoms with Gasteiger partial charge in [-0.15, -0.1) is 0 Å². The van der Waals surface area contributed by atoms with Crippen LogP contribution in [0.3, 0.4) is 0 Å². The fourth-order valence-corrected chi connectivity index (χ4v) is 1.86. The molecule has 2 aromatic rings. The highest BCUT2D eigenvalue weighted by atomic mass is 35.5. The van der Waals surface area contributed by atoms with Crippen LogP contribution in [0.1, 0.15) is 15.9 Å². The van der Waals surface area contributed by atoms with Gasteiger partial charge >= 0.3 is 0 Å². The van der Waals surface area contributed by atoms with Crippen LogP contribution in [-0.4, -0.2) is 12.9 Å². The minimum Gasteiger partial charge on any atom is -0.497 e. The lowest BCUT2D eigenvalue weighted by molar-refractivity contribution is 0.104. The minimum absolute atomic E-state index is 0.110. The van der Waals surface area contributed by atoms with E-state index in [4.69, 9.17) is 16.3 Å². The Kier molecular flexibility index (Phi) is 4.37. The molecule has 0 aliphatic rings. The number of hydrogen-bond donors (Lipinski definition) is 0. The van der Waals surface area contributed by atoms with Crippen LogP contribution >= 0.6 is 11.6 Å². The van der Waals surface area contributed by atoms with Gasteiger partial charge in [0.25, 0.3) is 0 Å². The second-order valence-electron chi connectivity index (χ2n) is 3.95. The molecule has 2 aromatic carbocycles. The number of carbonyl (C=O) groups excluding carboxylic acids is 1. The topological polar surface area (TPSA) is 26.3 Å². The average Bonchev–Trinajstić information content (AvgIpc) is 2.48. The number of rotatable bonds is 4. The maximum absolute atomic E-state index is 12.0. The summed E-state index contributed by atoms with van der Waals surface area (Å²) in [7, 11) is 1.60. The van der Waals surface area contributed by atoms with E-state index in [2.05, 4.69) is 0 Å². The predicted molar refractivity (Wildman–Crippen MR) is 77.6 cm³/mol. The molecule has 2 nitrogen and oxygen atoms in total. The summed E-state index contributed by atoms with van der Waals surface area (Å²) in [6, 6.07) is 16.3. The Balaban J connectivity index is 2.20. The van der Waals surface area contributed by atoms with E-state index in [1.807, 2.05) is 30.3 Å². The molecular weight excluding hydrogens is 260 g/mol. The van der Waals surface area contributed by atoms with Gasteiger partial charge in [-0.2, -0.15) is 0 Å². The first-order valence-electron chi connectivity index (χ1n) is 5.81. The number of benzene rings is 2. The number of allylic oxidation sites excluding steroid dienone is 1. The van der Waals surface area contributed by atoms with Gasteiger partial charge in [-0.3, -0.25) is 4.79 Å². The molecule has 0 atom stereocenters. The largest absolute Gasteiger partial charge is 0.497 e. The molecular formula is C16H13ClO2. The van der Waals surface area contributed by atoms with Crippen LogP contribution < -0.4 is 4.74 Å². The van der Waals surface area contributed by atoms with Crippen molar-refractivity contribution in [2.24, 2.45) is 0 Å². The van der Waals surface area contributed by atoms with Gasteiger partial charge in [-0.25, -0.2) is 0 Å². The summed E-state index contributed by atoms with van der Waals surface area (Å²) in [6.45, 7) is 0. The van der Waals surface area contributed by atoms with Crippen molar-refractivity contribution in [3.8, 4) is 5.75 Å². The average molecular weight is 273 g/mol. The summed E-state index contributed by atoms with van der Waals surface area (Å²) in [5, 5.41) is 0.413. The number of halogens is 1. The van der Waals surface area contributed by atoms with Gasteiger partial charge in [0.1, 0.15) is 5.75 Å². The number of hydrogen-bond acceptors (Lipinski definition) is 2. The molecule has 0 fully saturated rings. The van der Waals surface area contributed by atoms with Gasteiger partial charge in [0.2, 0.25) is 0 Å². The molecule has 0 radical (unpaired) electrons. The van der Waals surface area contributed by atoms with Crippen LogP contribution in [0.4, 0.5) is 0 Å². The number of ether oxygens (including phenoxy) is 1. The van der Waals surface area contributed by atoms with Crippen LogP contribution in [0.25, 0.3) is 5.03 Å². The van der Waals surface area contributed by atoms with E-state index < -0.39 is 0 Å². The molecule has 96 valence electrons. The zero-order chi connectivity index (χ0) is 13.7. The van der Waals surface area contributed by atoms with E-state index in [9.17, 15) is 4.79 Å². The molecule has 0 unspecified atom stereocenters. The highest BCUT2D eigenvalue weighted by molar-refractivity contribution is 6.50. The van der Waals surface area contributed by atoms with Crippen molar-refractivity contribution in [1.82, 2.24) is 0 Å². The Morgan fingerprint density at radius 3 is 2.21 bits per heavy atom. The molecule has 0 bridgehead atoms. The van der Waals surface area contributed by atoms with Crippen molar-refractivity contribution in [3.05, 3.63) is 71.8 Å². The summed E-state index contributed by atoms with van der Waals surface area (Å²) in [4.78, 5) is 12.0. The van der Waals surface area contributed by atoms with Crippen molar-refractivity contribution < 1.29 is 9.53 Å². The van der Waals surface area contributed by atoms with Crippen LogP contribution in [0.5, 0.6) is 5.75 Å². The zero-order valence-electron chi connectivity index (χ0n) is 10.5. The van der Waals surface area contributed by atoms with Crippen molar-refractivity contribution in [3.63, 3.8) is 0 Å². The summed E-state index contributed by atoms with van der Waals surface area (Å²) >= 11 is 6.15. The molecule has 0 heterocycles. The third-order valence-corrected chi connectivity index (χ3v) is 3.01. The molecule has 0 spiro atoms. The second-order valence-corrected chi connectivity index (χ2v) is 4.36. The van der Waals surface area contributed by atoms with Crippen molar-refractivity contribution in [1.29, 1.82) is 0 Å². The van der Waals surface area contributed by atoms with Gasteiger partial charge in [-0.1, -0.05) is 41.9 Å². The van der Waals surface area contributed by atoms with E-state index in [1.54, 1.807) is 31.4 Å². The smallest absolute Gasteiger partial charge is 0.187 e. The molecule has 2 rings (SSSR count). The lowest BCUT2D eigenvalue weighted by Gasteiger charge is -2.02. The molecule has 0 amide bonds. The first-order chi connectivity index (χ1) is 9.20. The molecule has 3 heteroatoms. The third-order valence-electron chi connectivity index (χ3n) is 2.68. The second kappa shape index (κ2) is 6.21. The first kappa shape index (κ1) is 13.4. The van der Waals surface area contributed by atoms with E-state index in [-0.39, 0.29) is 5.78 Å². The van der Waals surface area contributed by atoms with E-state index in [0.29, 0.717) is 10.6 Å². The van der Waals surface area contributed by atoms with Crippen LogP contribution in [-0.2, 0) is 0 Å². The first-order valence-corrected chi connectivity index (χ1v) is 6.19. The van der Waals surface area contributed by atoms with Gasteiger partial charge in [0, 0.05) is 11.6 Å². The third kappa shape index (κ3) is 3.46. The van der Waals surface area contributed by atoms with Crippen molar-refractivity contribution in [2.75, 3.05) is 7.11 Å². The fourth-order valence-electron chi connectivity index (χ4n) is 1.63. The fraction of sp³-hybridized carbons (Fsp3) is 0.0625. The van der Waals surface area contributed by atoms with Gasteiger partial charge in [0.05, 0.1) is 12.1 Å². The van der Waals surface area contributed by atoms with Crippen molar-refractivity contribution >= 4 is 22.4 Å². The maximum Gasteiger partial charge on any atom is 0.187 e. The standard InChI is InChI=1S/C16H13ClO2/c1-19-14-9-7-12(8-10-14)15(17)11-16(18)13-5-3-2-4-6-13/h2-11H,1H3/b15-11-. The van der Waals surface area contributed by atoms with Crippen molar-refractivity contribution in [2.45, 2.75) is 0 Å². The van der Waals surface area contributed by atoms with Crippen LogP contribution in [0, 0.1) is 0 Å². The van der Waals surface area contributed by atoms with E-state index in [1.165, 1.54) is 6.08 Å². The lowest BCUT2D eigenvalue weighted by atomic mass is 10.1. The molecule has 0 aromatic heterocycles. The van der Waals surface area contributed by atoms with Gasteiger partial charge < -0.3 is 4.74 Å². The number of carbonyl (C=O) groups is 1. The maximum atomic E-state index is 12.0. The number of methoxy groups -OCH3 is 1. The van der Waals surface area contributed by atoms with E-state index >= 15 is 0 Å². The monoisotopic (exact) mass is 272 g/mol.